The molecule has 8 nitrogen and oxygen atoms in total. The van der Waals surface area contributed by atoms with Crippen LogP contribution in [0.15, 0.2) is 48.5 Å². The van der Waals surface area contributed by atoms with Gasteiger partial charge in [0, 0.05) is 17.8 Å². The van der Waals surface area contributed by atoms with Crippen LogP contribution in [-0.2, 0) is 14.3 Å². The van der Waals surface area contributed by atoms with E-state index in [0.717, 1.165) is 11.6 Å². The maximum Gasteiger partial charge on any atom is 0.331 e. The zero-order valence-corrected chi connectivity index (χ0v) is 14.9. The predicted molar refractivity (Wildman–Crippen MR) is 99.7 cm³/mol. The Labute approximate surface area is 159 Å². The average Bonchev–Trinajstić information content (AvgIpc) is 2.66. The number of rotatable bonds is 7. The van der Waals surface area contributed by atoms with E-state index >= 15 is 0 Å². The van der Waals surface area contributed by atoms with Gasteiger partial charge in [-0.05, 0) is 35.9 Å². The quantitative estimate of drug-likeness (QED) is 0.336. The average molecular weight is 391 g/mol. The molecule has 0 aromatic heterocycles. The van der Waals surface area contributed by atoms with Crippen LogP contribution in [0, 0.1) is 10.1 Å². The van der Waals surface area contributed by atoms with Crippen LogP contribution in [0.5, 0.6) is 5.75 Å². The minimum absolute atomic E-state index is 0.0481. The Bertz CT molecular complexity index is 880. The number of methoxy groups -OCH3 is 1. The summed E-state index contributed by atoms with van der Waals surface area (Å²) in [5, 5.41) is 13.2. The molecule has 0 bridgehead atoms. The van der Waals surface area contributed by atoms with Gasteiger partial charge in [0.25, 0.3) is 11.6 Å². The zero-order valence-electron chi connectivity index (χ0n) is 14.2. The zero-order chi connectivity index (χ0) is 19.8. The number of carbonyl (C=O) groups excluding carboxylic acids is 2. The van der Waals surface area contributed by atoms with Crippen LogP contribution in [0.3, 0.4) is 0 Å². The number of halogens is 1. The van der Waals surface area contributed by atoms with Gasteiger partial charge in [-0.3, -0.25) is 14.9 Å². The summed E-state index contributed by atoms with van der Waals surface area (Å²) in [4.78, 5) is 33.6. The van der Waals surface area contributed by atoms with Gasteiger partial charge >= 0.3 is 5.97 Å². The summed E-state index contributed by atoms with van der Waals surface area (Å²) >= 11 is 5.69. The Morgan fingerprint density at radius 1 is 1.22 bits per heavy atom. The lowest BCUT2D eigenvalue weighted by atomic mass is 10.2. The number of nitro groups is 1. The van der Waals surface area contributed by atoms with Crippen molar-refractivity contribution in [2.75, 3.05) is 19.0 Å². The van der Waals surface area contributed by atoms with E-state index in [4.69, 9.17) is 21.1 Å². The third kappa shape index (κ3) is 6.12. The lowest BCUT2D eigenvalue weighted by molar-refractivity contribution is -0.384. The molecule has 1 amide bonds. The molecular weight excluding hydrogens is 376 g/mol. The minimum atomic E-state index is -0.706. The van der Waals surface area contributed by atoms with Gasteiger partial charge in [-0.2, -0.15) is 0 Å². The molecule has 0 spiro atoms. The number of nitrogens with zero attached hydrogens (tertiary/aromatic N) is 1. The van der Waals surface area contributed by atoms with E-state index in [9.17, 15) is 19.7 Å². The van der Waals surface area contributed by atoms with Gasteiger partial charge in [-0.15, -0.1) is 0 Å². The largest absolute Gasteiger partial charge is 0.497 e. The summed E-state index contributed by atoms with van der Waals surface area (Å²) < 4.78 is 9.85. The van der Waals surface area contributed by atoms with Gasteiger partial charge in [0.15, 0.2) is 6.61 Å². The lowest BCUT2D eigenvalue weighted by Gasteiger charge is -2.06. The van der Waals surface area contributed by atoms with Crippen LogP contribution < -0.4 is 10.1 Å². The van der Waals surface area contributed by atoms with Gasteiger partial charge in [-0.1, -0.05) is 23.7 Å². The molecule has 0 aliphatic carbocycles. The van der Waals surface area contributed by atoms with Crippen molar-refractivity contribution in [3.05, 3.63) is 69.2 Å². The molecule has 0 aliphatic rings. The molecule has 0 atom stereocenters. The minimum Gasteiger partial charge on any atom is -0.497 e. The van der Waals surface area contributed by atoms with Crippen molar-refractivity contribution < 1.29 is 24.0 Å². The summed E-state index contributed by atoms with van der Waals surface area (Å²) in [6.45, 7) is -0.539. The summed E-state index contributed by atoms with van der Waals surface area (Å²) in [7, 11) is 1.55. The molecule has 2 aromatic carbocycles. The van der Waals surface area contributed by atoms with Crippen molar-refractivity contribution >= 4 is 40.9 Å². The Balaban J connectivity index is 1.85. The number of carbonyl (C=O) groups is 2. The monoisotopic (exact) mass is 390 g/mol. The van der Waals surface area contributed by atoms with E-state index in [-0.39, 0.29) is 16.4 Å². The Hall–Kier alpha value is -3.39. The van der Waals surface area contributed by atoms with Crippen molar-refractivity contribution in [2.24, 2.45) is 0 Å². The number of esters is 1. The molecule has 0 saturated heterocycles. The first-order valence-electron chi connectivity index (χ1n) is 7.61. The maximum atomic E-state index is 11.8. The summed E-state index contributed by atoms with van der Waals surface area (Å²) in [6.07, 6.45) is 2.71. The highest BCUT2D eigenvalue weighted by molar-refractivity contribution is 6.32. The molecule has 2 rings (SSSR count). The highest BCUT2D eigenvalue weighted by Crippen LogP contribution is 2.27. The van der Waals surface area contributed by atoms with E-state index in [0.29, 0.717) is 5.75 Å². The van der Waals surface area contributed by atoms with E-state index < -0.39 is 23.4 Å². The Kier molecular flexibility index (Phi) is 6.90. The number of ether oxygens (including phenoxy) is 2. The molecule has 27 heavy (non-hydrogen) atoms. The SMILES string of the molecule is COc1ccc(/C=C/C(=O)OCC(=O)Nc2ccc(Cl)c([N+](=O)[O-])c2)cc1. The molecule has 140 valence electrons. The van der Waals surface area contributed by atoms with E-state index in [2.05, 4.69) is 5.32 Å². The number of hydrogen-bond donors (Lipinski definition) is 1. The summed E-state index contributed by atoms with van der Waals surface area (Å²) in [5.41, 5.74) is 0.584. The number of nitro benzene ring substituents is 1. The smallest absolute Gasteiger partial charge is 0.331 e. The number of nitrogens with one attached hydrogen (secondary N) is 1. The second kappa shape index (κ2) is 9.35. The van der Waals surface area contributed by atoms with Crippen molar-refractivity contribution in [2.45, 2.75) is 0 Å². The molecule has 9 heteroatoms. The second-order valence-corrected chi connectivity index (χ2v) is 5.59. The van der Waals surface area contributed by atoms with Crippen LogP contribution in [-0.4, -0.2) is 30.5 Å². The second-order valence-electron chi connectivity index (χ2n) is 5.19. The topological polar surface area (TPSA) is 108 Å². The third-order valence-corrected chi connectivity index (χ3v) is 3.62. The van der Waals surface area contributed by atoms with Gasteiger partial charge in [0.1, 0.15) is 10.8 Å². The van der Waals surface area contributed by atoms with Gasteiger partial charge in [0.05, 0.1) is 12.0 Å². The normalized spacial score (nSPS) is 10.4. The van der Waals surface area contributed by atoms with Crippen molar-refractivity contribution in [3.8, 4) is 5.75 Å². The number of hydrogen-bond acceptors (Lipinski definition) is 6. The number of benzene rings is 2. The predicted octanol–water partition coefficient (Wildman–Crippen LogP) is 3.45. The van der Waals surface area contributed by atoms with E-state index in [1.807, 2.05) is 0 Å². The van der Waals surface area contributed by atoms with Crippen LogP contribution in [0.25, 0.3) is 6.08 Å². The molecule has 0 fully saturated rings. The molecule has 1 N–H and O–H groups in total. The Morgan fingerprint density at radius 2 is 1.93 bits per heavy atom. The van der Waals surface area contributed by atoms with Crippen molar-refractivity contribution in [1.82, 2.24) is 0 Å². The first kappa shape index (κ1) is 19.9. The molecule has 2 aromatic rings. The first-order valence-corrected chi connectivity index (χ1v) is 7.99. The standard InChI is InChI=1S/C18H15ClN2O6/c1-26-14-6-2-12(3-7-14)4-9-18(23)27-11-17(22)20-13-5-8-15(19)16(10-13)21(24)25/h2-10H,11H2,1H3,(H,20,22)/b9-4+. The van der Waals surface area contributed by atoms with Crippen LogP contribution in [0.4, 0.5) is 11.4 Å². The van der Waals surface area contributed by atoms with Gasteiger partial charge < -0.3 is 14.8 Å². The highest BCUT2D eigenvalue weighted by Gasteiger charge is 2.14. The fourth-order valence-electron chi connectivity index (χ4n) is 1.99. The first-order chi connectivity index (χ1) is 12.9. The fraction of sp³-hybridized carbons (Fsp3) is 0.111. The molecular formula is C18H15ClN2O6. The van der Waals surface area contributed by atoms with Gasteiger partial charge in [0.2, 0.25) is 0 Å². The lowest BCUT2D eigenvalue weighted by Crippen LogP contribution is -2.20. The maximum absolute atomic E-state index is 11.8. The highest BCUT2D eigenvalue weighted by atomic mass is 35.5. The van der Waals surface area contributed by atoms with Crippen LogP contribution in [0.2, 0.25) is 5.02 Å². The molecule has 0 unspecified atom stereocenters. The van der Waals surface area contributed by atoms with E-state index in [1.165, 1.54) is 24.3 Å². The van der Waals surface area contributed by atoms with Crippen LogP contribution in [0.1, 0.15) is 5.56 Å². The fourth-order valence-corrected chi connectivity index (χ4v) is 2.18. The Morgan fingerprint density at radius 3 is 2.56 bits per heavy atom. The molecule has 0 saturated carbocycles. The summed E-state index contributed by atoms with van der Waals surface area (Å²) in [5.74, 6) is -0.658. The van der Waals surface area contributed by atoms with Crippen molar-refractivity contribution in [1.29, 1.82) is 0 Å². The van der Waals surface area contributed by atoms with Crippen molar-refractivity contribution in [3.63, 3.8) is 0 Å². The molecule has 0 heterocycles. The summed E-state index contributed by atoms with van der Waals surface area (Å²) in [6, 6.07) is 10.8. The number of amides is 1. The molecule has 0 aliphatic heterocycles. The van der Waals surface area contributed by atoms with E-state index in [1.54, 1.807) is 31.4 Å². The third-order valence-electron chi connectivity index (χ3n) is 3.30. The molecule has 0 radical (unpaired) electrons. The number of anilines is 1. The van der Waals surface area contributed by atoms with Crippen LogP contribution >= 0.6 is 11.6 Å². The van der Waals surface area contributed by atoms with Gasteiger partial charge in [-0.25, -0.2) is 4.79 Å².